The number of hydrogen-bond donors (Lipinski definition) is 2. The van der Waals surface area contributed by atoms with E-state index < -0.39 is 0 Å². The Morgan fingerprint density at radius 1 is 1.20 bits per heavy atom. The minimum absolute atomic E-state index is 0.310. The van der Waals surface area contributed by atoms with Gasteiger partial charge < -0.3 is 4.42 Å². The highest BCUT2D eigenvalue weighted by Crippen LogP contribution is 2.28. The van der Waals surface area contributed by atoms with E-state index in [1.807, 2.05) is 38.1 Å². The number of aromatic nitrogens is 2. The summed E-state index contributed by atoms with van der Waals surface area (Å²) in [6, 6.07) is 7.72. The van der Waals surface area contributed by atoms with Crippen molar-refractivity contribution in [2.75, 3.05) is 0 Å². The molecule has 0 bridgehead atoms. The number of nitrogens with zero attached hydrogens (tertiary/aromatic N) is 2. The molecule has 5 heteroatoms. The van der Waals surface area contributed by atoms with Gasteiger partial charge in [0.2, 0.25) is 0 Å². The smallest absolute Gasteiger partial charge is 0.137 e. The van der Waals surface area contributed by atoms with Gasteiger partial charge in [-0.25, -0.2) is 5.43 Å². The Morgan fingerprint density at radius 2 is 2.05 bits per heavy atom. The Labute approximate surface area is 116 Å². The van der Waals surface area contributed by atoms with Crippen molar-refractivity contribution in [2.45, 2.75) is 19.9 Å². The summed E-state index contributed by atoms with van der Waals surface area (Å²) in [5, 5.41) is 1.06. The van der Waals surface area contributed by atoms with E-state index in [0.29, 0.717) is 0 Å². The summed E-state index contributed by atoms with van der Waals surface area (Å²) < 4.78 is 5.93. The van der Waals surface area contributed by atoms with Gasteiger partial charge in [-0.1, -0.05) is 18.2 Å². The van der Waals surface area contributed by atoms with E-state index in [2.05, 4.69) is 15.4 Å². The lowest BCUT2D eigenvalue weighted by Gasteiger charge is -2.12. The zero-order valence-electron chi connectivity index (χ0n) is 11.4. The van der Waals surface area contributed by atoms with Crippen LogP contribution in [0.1, 0.15) is 28.8 Å². The highest BCUT2D eigenvalue weighted by Gasteiger charge is 2.19. The molecule has 0 aliphatic heterocycles. The molecule has 2 heterocycles. The van der Waals surface area contributed by atoms with Crippen LogP contribution in [0, 0.1) is 13.8 Å². The van der Waals surface area contributed by atoms with Crippen LogP contribution >= 0.6 is 0 Å². The topological polar surface area (TPSA) is 77.0 Å². The van der Waals surface area contributed by atoms with E-state index in [4.69, 9.17) is 10.3 Å². The van der Waals surface area contributed by atoms with Crippen molar-refractivity contribution in [3.8, 4) is 0 Å². The van der Waals surface area contributed by atoms with Crippen molar-refractivity contribution in [1.82, 2.24) is 15.4 Å². The first-order chi connectivity index (χ1) is 9.69. The fourth-order valence-electron chi connectivity index (χ4n) is 2.24. The molecule has 0 radical (unpaired) electrons. The lowest BCUT2D eigenvalue weighted by Crippen LogP contribution is -2.29. The van der Waals surface area contributed by atoms with Crippen LogP contribution in [-0.2, 0) is 0 Å². The van der Waals surface area contributed by atoms with Gasteiger partial charge in [0.15, 0.2) is 0 Å². The highest BCUT2D eigenvalue weighted by molar-refractivity contribution is 5.81. The predicted octanol–water partition coefficient (Wildman–Crippen LogP) is 2.39. The Bertz CT molecular complexity index is 733. The number of furan rings is 1. The Hall–Kier alpha value is -2.24. The number of hydrogen-bond acceptors (Lipinski definition) is 5. The third kappa shape index (κ3) is 2.17. The monoisotopic (exact) mass is 268 g/mol. The largest absolute Gasteiger partial charge is 0.459 e. The molecule has 2 aromatic heterocycles. The van der Waals surface area contributed by atoms with Crippen molar-refractivity contribution >= 4 is 11.0 Å². The number of para-hydroxylation sites is 1. The van der Waals surface area contributed by atoms with E-state index in [-0.39, 0.29) is 6.04 Å². The van der Waals surface area contributed by atoms with Gasteiger partial charge in [-0.05, 0) is 25.5 Å². The van der Waals surface area contributed by atoms with Crippen LogP contribution in [0.15, 0.2) is 41.1 Å². The van der Waals surface area contributed by atoms with Gasteiger partial charge in [-0.2, -0.15) is 0 Å². The maximum absolute atomic E-state index is 5.93. The number of nitrogens with two attached hydrogens (primary N) is 1. The minimum atomic E-state index is -0.310. The quantitative estimate of drug-likeness (QED) is 0.563. The van der Waals surface area contributed by atoms with Gasteiger partial charge >= 0.3 is 0 Å². The zero-order valence-corrected chi connectivity index (χ0v) is 11.4. The number of rotatable bonds is 3. The maximum Gasteiger partial charge on any atom is 0.137 e. The van der Waals surface area contributed by atoms with E-state index in [1.54, 1.807) is 12.4 Å². The molecule has 3 N–H and O–H groups in total. The van der Waals surface area contributed by atoms with Crippen molar-refractivity contribution in [2.24, 2.45) is 5.84 Å². The summed E-state index contributed by atoms with van der Waals surface area (Å²) in [6.07, 6.45) is 3.42. The van der Waals surface area contributed by atoms with E-state index in [1.165, 1.54) is 0 Å². The summed E-state index contributed by atoms with van der Waals surface area (Å²) in [7, 11) is 0. The van der Waals surface area contributed by atoms with Crippen molar-refractivity contribution < 1.29 is 4.42 Å². The number of benzene rings is 1. The van der Waals surface area contributed by atoms with Crippen molar-refractivity contribution in [1.29, 1.82) is 0 Å². The molecule has 0 fully saturated rings. The summed E-state index contributed by atoms with van der Waals surface area (Å²) in [4.78, 5) is 8.60. The van der Waals surface area contributed by atoms with Crippen LogP contribution in [0.5, 0.6) is 0 Å². The first-order valence-electron chi connectivity index (χ1n) is 6.43. The van der Waals surface area contributed by atoms with Gasteiger partial charge in [0.25, 0.3) is 0 Å². The average molecular weight is 268 g/mol. The predicted molar refractivity (Wildman–Crippen MR) is 76.9 cm³/mol. The van der Waals surface area contributed by atoms with Crippen LogP contribution < -0.4 is 11.3 Å². The third-order valence-electron chi connectivity index (χ3n) is 3.31. The van der Waals surface area contributed by atoms with Crippen LogP contribution in [0.4, 0.5) is 0 Å². The SMILES string of the molecule is Cc1cnc(C(NN)c2cc3cccc(C)c3o2)cn1. The van der Waals surface area contributed by atoms with E-state index in [9.17, 15) is 0 Å². The number of nitrogens with one attached hydrogen (secondary N) is 1. The number of hydrazine groups is 1. The van der Waals surface area contributed by atoms with Crippen LogP contribution in [0.25, 0.3) is 11.0 Å². The fourth-order valence-corrected chi connectivity index (χ4v) is 2.24. The second kappa shape index (κ2) is 5.03. The molecule has 5 nitrogen and oxygen atoms in total. The van der Waals surface area contributed by atoms with Gasteiger partial charge in [-0.15, -0.1) is 0 Å². The molecular formula is C15H16N4O. The second-order valence-electron chi connectivity index (χ2n) is 4.82. The third-order valence-corrected chi connectivity index (χ3v) is 3.31. The Kier molecular flexibility index (Phi) is 3.22. The van der Waals surface area contributed by atoms with Gasteiger partial charge in [-0.3, -0.25) is 15.8 Å². The minimum Gasteiger partial charge on any atom is -0.459 e. The first-order valence-corrected chi connectivity index (χ1v) is 6.43. The molecule has 1 aromatic carbocycles. The zero-order chi connectivity index (χ0) is 14.1. The Morgan fingerprint density at radius 3 is 2.70 bits per heavy atom. The molecule has 1 unspecified atom stereocenters. The van der Waals surface area contributed by atoms with Gasteiger partial charge in [0.05, 0.1) is 17.6 Å². The Balaban J connectivity index is 2.07. The van der Waals surface area contributed by atoms with Gasteiger partial charge in [0, 0.05) is 11.6 Å². The average Bonchev–Trinajstić information content (AvgIpc) is 2.87. The molecule has 1 atom stereocenters. The van der Waals surface area contributed by atoms with E-state index >= 15 is 0 Å². The highest BCUT2D eigenvalue weighted by atomic mass is 16.3. The fraction of sp³-hybridized carbons (Fsp3) is 0.200. The summed E-state index contributed by atoms with van der Waals surface area (Å²) in [5.41, 5.74) is 6.31. The molecule has 0 saturated heterocycles. The van der Waals surface area contributed by atoms with Crippen LogP contribution in [0.3, 0.4) is 0 Å². The molecule has 0 spiro atoms. The van der Waals surface area contributed by atoms with E-state index in [0.717, 1.165) is 33.7 Å². The molecule has 102 valence electrons. The number of aryl methyl sites for hydroxylation is 2. The summed E-state index contributed by atoms with van der Waals surface area (Å²) in [5.74, 6) is 6.39. The summed E-state index contributed by atoms with van der Waals surface area (Å²) >= 11 is 0. The molecule has 20 heavy (non-hydrogen) atoms. The standard InChI is InChI=1S/C15H16N4O/c1-9-4-3-5-11-6-13(20-15(9)11)14(19-16)12-8-17-10(2)7-18-12/h3-8,14,19H,16H2,1-2H3. The number of fused-ring (bicyclic) bond motifs is 1. The van der Waals surface area contributed by atoms with Crippen LogP contribution in [-0.4, -0.2) is 9.97 Å². The van der Waals surface area contributed by atoms with Crippen molar-refractivity contribution in [3.05, 3.63) is 59.4 Å². The lowest BCUT2D eigenvalue weighted by molar-refractivity contribution is 0.469. The molecule has 3 rings (SSSR count). The second-order valence-corrected chi connectivity index (χ2v) is 4.82. The first kappa shape index (κ1) is 12.8. The molecule has 0 amide bonds. The van der Waals surface area contributed by atoms with Crippen molar-refractivity contribution in [3.63, 3.8) is 0 Å². The van der Waals surface area contributed by atoms with Crippen LogP contribution in [0.2, 0.25) is 0 Å². The lowest BCUT2D eigenvalue weighted by atomic mass is 10.1. The molecule has 3 aromatic rings. The normalized spacial score (nSPS) is 12.8. The summed E-state index contributed by atoms with van der Waals surface area (Å²) in [6.45, 7) is 3.92. The molecule has 0 aliphatic carbocycles. The molecule has 0 aliphatic rings. The maximum atomic E-state index is 5.93. The van der Waals surface area contributed by atoms with Gasteiger partial charge in [0.1, 0.15) is 17.4 Å². The molecule has 0 saturated carbocycles. The molecular weight excluding hydrogens is 252 g/mol.